The molecule has 4 rings (SSSR count). The minimum Gasteiger partial charge on any atom is -0.315 e. The van der Waals surface area contributed by atoms with E-state index in [2.05, 4.69) is 14.8 Å². The van der Waals surface area contributed by atoms with E-state index in [1.807, 2.05) is 30.3 Å². The number of aromatic nitrogens is 3. The molecule has 3 heterocycles. The van der Waals surface area contributed by atoms with Crippen LogP contribution in [0.15, 0.2) is 30.3 Å². The summed E-state index contributed by atoms with van der Waals surface area (Å²) in [5.41, 5.74) is 0.842. The second-order valence-electron chi connectivity index (χ2n) is 6.64. The zero-order valence-electron chi connectivity index (χ0n) is 13.6. The Morgan fingerprint density at radius 2 is 1.79 bits per heavy atom. The molecule has 0 aliphatic carbocycles. The van der Waals surface area contributed by atoms with Gasteiger partial charge in [0.05, 0.1) is 5.75 Å². The van der Waals surface area contributed by atoms with Gasteiger partial charge in [-0.2, -0.15) is 0 Å². The van der Waals surface area contributed by atoms with Crippen molar-refractivity contribution in [3.63, 3.8) is 0 Å². The van der Waals surface area contributed by atoms with Crippen molar-refractivity contribution in [1.82, 2.24) is 19.1 Å². The standard InChI is InChI=1S/C17H22N4O2S/c22-24(23,13-14-5-2-1-3-6-14)20-11-8-15(9-12-20)17-19-18-16-7-4-10-21(16)17/h1-3,5-6,15H,4,7-13H2. The van der Waals surface area contributed by atoms with E-state index in [0.717, 1.165) is 49.4 Å². The van der Waals surface area contributed by atoms with Crippen molar-refractivity contribution in [3.05, 3.63) is 47.5 Å². The van der Waals surface area contributed by atoms with Crippen LogP contribution in [0.4, 0.5) is 0 Å². The van der Waals surface area contributed by atoms with E-state index in [0.29, 0.717) is 19.0 Å². The van der Waals surface area contributed by atoms with Gasteiger partial charge in [-0.1, -0.05) is 30.3 Å². The zero-order valence-corrected chi connectivity index (χ0v) is 14.5. The SMILES string of the molecule is O=S(=O)(Cc1ccccc1)N1CCC(c2nnc3n2CCC3)CC1. The highest BCUT2D eigenvalue weighted by atomic mass is 32.2. The lowest BCUT2D eigenvalue weighted by atomic mass is 9.97. The van der Waals surface area contributed by atoms with Crippen molar-refractivity contribution >= 4 is 10.0 Å². The molecule has 1 aromatic heterocycles. The second kappa shape index (κ2) is 6.29. The number of hydrogen-bond acceptors (Lipinski definition) is 4. The van der Waals surface area contributed by atoms with Crippen LogP contribution in [0.25, 0.3) is 0 Å². The van der Waals surface area contributed by atoms with Crippen molar-refractivity contribution in [3.8, 4) is 0 Å². The van der Waals surface area contributed by atoms with Gasteiger partial charge >= 0.3 is 0 Å². The number of benzene rings is 1. The summed E-state index contributed by atoms with van der Waals surface area (Å²) in [6.45, 7) is 2.15. The number of fused-ring (bicyclic) bond motifs is 1. The van der Waals surface area contributed by atoms with Gasteiger partial charge in [-0.05, 0) is 24.8 Å². The van der Waals surface area contributed by atoms with E-state index < -0.39 is 10.0 Å². The molecule has 0 unspecified atom stereocenters. The molecule has 0 saturated carbocycles. The quantitative estimate of drug-likeness (QED) is 0.848. The van der Waals surface area contributed by atoms with Crippen molar-refractivity contribution in [2.24, 2.45) is 0 Å². The zero-order chi connectivity index (χ0) is 16.6. The predicted molar refractivity (Wildman–Crippen MR) is 91.0 cm³/mol. The van der Waals surface area contributed by atoms with E-state index in [1.165, 1.54) is 0 Å². The van der Waals surface area contributed by atoms with Crippen molar-refractivity contribution in [2.45, 2.75) is 43.9 Å². The van der Waals surface area contributed by atoms with Gasteiger partial charge in [-0.3, -0.25) is 0 Å². The van der Waals surface area contributed by atoms with Crippen molar-refractivity contribution in [2.75, 3.05) is 13.1 Å². The average Bonchev–Trinajstić information content (AvgIpc) is 3.19. The molecule has 0 radical (unpaired) electrons. The fourth-order valence-corrected chi connectivity index (χ4v) is 5.31. The van der Waals surface area contributed by atoms with Crippen LogP contribution in [0.2, 0.25) is 0 Å². The van der Waals surface area contributed by atoms with E-state index in [1.54, 1.807) is 4.31 Å². The Bertz CT molecular complexity index is 808. The minimum atomic E-state index is -3.25. The first-order chi connectivity index (χ1) is 11.6. The Kier molecular flexibility index (Phi) is 4.14. The lowest BCUT2D eigenvalue weighted by Crippen LogP contribution is -2.39. The van der Waals surface area contributed by atoms with Crippen LogP contribution in [0, 0.1) is 0 Å². The van der Waals surface area contributed by atoms with Crippen LogP contribution in [-0.4, -0.2) is 40.6 Å². The predicted octanol–water partition coefficient (Wildman–Crippen LogP) is 1.93. The van der Waals surface area contributed by atoms with Crippen molar-refractivity contribution < 1.29 is 8.42 Å². The molecular formula is C17H22N4O2S. The number of sulfonamides is 1. The molecule has 6 nitrogen and oxygen atoms in total. The van der Waals surface area contributed by atoms with Gasteiger partial charge in [0, 0.05) is 32.0 Å². The molecule has 0 atom stereocenters. The average molecular weight is 346 g/mol. The van der Waals surface area contributed by atoms with E-state index in [-0.39, 0.29) is 5.75 Å². The van der Waals surface area contributed by atoms with Gasteiger partial charge in [-0.25, -0.2) is 12.7 Å². The van der Waals surface area contributed by atoms with Crippen LogP contribution >= 0.6 is 0 Å². The largest absolute Gasteiger partial charge is 0.315 e. The number of nitrogens with zero attached hydrogens (tertiary/aromatic N) is 4. The summed E-state index contributed by atoms with van der Waals surface area (Å²) in [6.07, 6.45) is 3.80. The molecule has 128 valence electrons. The van der Waals surface area contributed by atoms with Crippen LogP contribution in [0.1, 0.15) is 42.4 Å². The highest BCUT2D eigenvalue weighted by molar-refractivity contribution is 7.88. The molecular weight excluding hydrogens is 324 g/mol. The van der Waals surface area contributed by atoms with Gasteiger partial charge < -0.3 is 4.57 Å². The van der Waals surface area contributed by atoms with E-state index in [9.17, 15) is 8.42 Å². The highest BCUT2D eigenvalue weighted by Crippen LogP contribution is 2.30. The Morgan fingerprint density at radius 3 is 2.54 bits per heavy atom. The van der Waals surface area contributed by atoms with Gasteiger partial charge in [0.1, 0.15) is 11.6 Å². The number of rotatable bonds is 4. The molecule has 1 aromatic carbocycles. The molecule has 0 N–H and O–H groups in total. The first kappa shape index (κ1) is 15.8. The van der Waals surface area contributed by atoms with E-state index >= 15 is 0 Å². The van der Waals surface area contributed by atoms with Crippen LogP contribution in [0.5, 0.6) is 0 Å². The molecule has 1 saturated heterocycles. The third-order valence-electron chi connectivity index (χ3n) is 5.04. The molecule has 0 spiro atoms. The molecule has 7 heteroatoms. The molecule has 1 fully saturated rings. The van der Waals surface area contributed by atoms with Gasteiger partial charge in [0.2, 0.25) is 10.0 Å². The Labute approximate surface area is 142 Å². The lowest BCUT2D eigenvalue weighted by Gasteiger charge is -2.30. The molecule has 24 heavy (non-hydrogen) atoms. The summed E-state index contributed by atoms with van der Waals surface area (Å²) in [4.78, 5) is 0. The van der Waals surface area contributed by atoms with Gasteiger partial charge in [0.25, 0.3) is 0 Å². The summed E-state index contributed by atoms with van der Waals surface area (Å²) in [5, 5.41) is 8.64. The second-order valence-corrected chi connectivity index (χ2v) is 8.61. The summed E-state index contributed by atoms with van der Waals surface area (Å²) in [5.74, 6) is 2.55. The van der Waals surface area contributed by atoms with Gasteiger partial charge in [0.15, 0.2) is 0 Å². The Balaban J connectivity index is 1.42. The molecule has 2 aromatic rings. The summed E-state index contributed by atoms with van der Waals surface area (Å²) >= 11 is 0. The topological polar surface area (TPSA) is 68.1 Å². The maximum Gasteiger partial charge on any atom is 0.218 e. The molecule has 0 amide bonds. The minimum absolute atomic E-state index is 0.0822. The summed E-state index contributed by atoms with van der Waals surface area (Å²) < 4.78 is 29.1. The van der Waals surface area contributed by atoms with E-state index in [4.69, 9.17) is 0 Å². The number of hydrogen-bond donors (Lipinski definition) is 0. The maximum absolute atomic E-state index is 12.6. The van der Waals surface area contributed by atoms with Crippen LogP contribution in [0.3, 0.4) is 0 Å². The Hall–Kier alpha value is -1.73. The maximum atomic E-state index is 12.6. The lowest BCUT2D eigenvalue weighted by molar-refractivity contribution is 0.309. The normalized spacial score (nSPS) is 19.5. The number of aryl methyl sites for hydroxylation is 1. The third kappa shape index (κ3) is 2.98. The fourth-order valence-electron chi connectivity index (χ4n) is 3.74. The monoisotopic (exact) mass is 346 g/mol. The molecule has 2 aliphatic rings. The third-order valence-corrected chi connectivity index (χ3v) is 6.89. The smallest absolute Gasteiger partial charge is 0.218 e. The first-order valence-electron chi connectivity index (χ1n) is 8.57. The van der Waals surface area contributed by atoms with Gasteiger partial charge in [-0.15, -0.1) is 10.2 Å². The fraction of sp³-hybridized carbons (Fsp3) is 0.529. The summed E-state index contributed by atoms with van der Waals surface area (Å²) in [6, 6.07) is 9.39. The Morgan fingerprint density at radius 1 is 1.04 bits per heavy atom. The van der Waals surface area contributed by atoms with Crippen molar-refractivity contribution in [1.29, 1.82) is 0 Å². The molecule has 2 aliphatic heterocycles. The number of piperidine rings is 1. The highest BCUT2D eigenvalue weighted by Gasteiger charge is 2.32. The van der Waals surface area contributed by atoms with Crippen LogP contribution < -0.4 is 0 Å². The van der Waals surface area contributed by atoms with Crippen LogP contribution in [-0.2, 0) is 28.7 Å². The summed E-state index contributed by atoms with van der Waals surface area (Å²) in [7, 11) is -3.25. The molecule has 0 bridgehead atoms. The first-order valence-corrected chi connectivity index (χ1v) is 10.2.